The molecule has 1 aromatic carbocycles. The Hall–Kier alpha value is -0.800. The molecule has 0 spiro atoms. The number of benzene rings is 1. The maximum absolute atomic E-state index is 13.0. The van der Waals surface area contributed by atoms with E-state index in [2.05, 4.69) is 19.2 Å². The van der Waals surface area contributed by atoms with E-state index in [1.807, 2.05) is 0 Å². The summed E-state index contributed by atoms with van der Waals surface area (Å²) < 4.78 is 18.4. The summed E-state index contributed by atoms with van der Waals surface area (Å²) in [6.07, 6.45) is 1.08. The molecule has 16 heavy (non-hydrogen) atoms. The van der Waals surface area contributed by atoms with Crippen LogP contribution in [-0.4, -0.2) is 19.2 Å². The first-order valence-corrected chi connectivity index (χ1v) is 5.82. The fourth-order valence-electron chi connectivity index (χ4n) is 1.19. The van der Waals surface area contributed by atoms with Gasteiger partial charge in [-0.1, -0.05) is 18.5 Å². The Kier molecular flexibility index (Phi) is 5.56. The molecule has 0 radical (unpaired) electrons. The first-order valence-electron chi connectivity index (χ1n) is 5.44. The summed E-state index contributed by atoms with van der Waals surface area (Å²) in [4.78, 5) is 0. The zero-order valence-corrected chi connectivity index (χ0v) is 10.4. The highest BCUT2D eigenvalue weighted by Crippen LogP contribution is 2.20. The van der Waals surface area contributed by atoms with Crippen molar-refractivity contribution in [2.24, 2.45) is 0 Å². The molecule has 2 nitrogen and oxygen atoms in total. The summed E-state index contributed by atoms with van der Waals surface area (Å²) >= 11 is 5.56. The highest BCUT2D eigenvalue weighted by atomic mass is 35.5. The monoisotopic (exact) mass is 245 g/mol. The maximum atomic E-state index is 13.0. The van der Waals surface area contributed by atoms with Gasteiger partial charge in [0.1, 0.15) is 18.2 Å². The standard InChI is InChI=1S/C12H17ClFNO/c1-3-9(2)15-6-7-16-10-4-5-11(13)12(14)8-10/h4-5,8-9,15H,3,6-7H2,1-2H3. The molecule has 1 rings (SSSR count). The molecule has 1 aromatic rings. The van der Waals surface area contributed by atoms with Gasteiger partial charge in [-0.25, -0.2) is 4.39 Å². The maximum Gasteiger partial charge on any atom is 0.145 e. The van der Waals surface area contributed by atoms with Gasteiger partial charge < -0.3 is 10.1 Å². The molecule has 0 aliphatic heterocycles. The van der Waals surface area contributed by atoms with Gasteiger partial charge in [-0.05, 0) is 25.5 Å². The second kappa shape index (κ2) is 6.71. The summed E-state index contributed by atoms with van der Waals surface area (Å²) in [6.45, 7) is 5.50. The van der Waals surface area contributed by atoms with Crippen molar-refractivity contribution in [2.75, 3.05) is 13.2 Å². The van der Waals surface area contributed by atoms with Gasteiger partial charge in [0, 0.05) is 18.7 Å². The number of ether oxygens (including phenoxy) is 1. The van der Waals surface area contributed by atoms with Gasteiger partial charge in [0.15, 0.2) is 0 Å². The molecule has 0 fully saturated rings. The minimum absolute atomic E-state index is 0.116. The second-order valence-corrected chi connectivity index (χ2v) is 4.09. The normalized spacial score (nSPS) is 12.5. The lowest BCUT2D eigenvalue weighted by atomic mass is 10.3. The number of rotatable bonds is 6. The SMILES string of the molecule is CCC(C)NCCOc1ccc(Cl)c(F)c1. The van der Waals surface area contributed by atoms with Crippen LogP contribution >= 0.6 is 11.6 Å². The smallest absolute Gasteiger partial charge is 0.145 e. The lowest BCUT2D eigenvalue weighted by Gasteiger charge is -2.12. The van der Waals surface area contributed by atoms with Crippen molar-refractivity contribution in [3.05, 3.63) is 29.0 Å². The molecule has 1 unspecified atom stereocenters. The molecule has 0 saturated heterocycles. The lowest BCUT2D eigenvalue weighted by Crippen LogP contribution is -2.29. The predicted molar refractivity (Wildman–Crippen MR) is 64.7 cm³/mol. The Morgan fingerprint density at radius 1 is 1.50 bits per heavy atom. The van der Waals surface area contributed by atoms with Crippen LogP contribution in [0.1, 0.15) is 20.3 Å². The van der Waals surface area contributed by atoms with Crippen LogP contribution in [0.2, 0.25) is 5.02 Å². The molecule has 4 heteroatoms. The Bertz CT molecular complexity index is 333. The Balaban J connectivity index is 2.29. The molecule has 0 aliphatic carbocycles. The third-order valence-electron chi connectivity index (χ3n) is 2.37. The zero-order chi connectivity index (χ0) is 12.0. The summed E-state index contributed by atoms with van der Waals surface area (Å²) in [7, 11) is 0. The molecule has 90 valence electrons. The minimum atomic E-state index is -0.450. The van der Waals surface area contributed by atoms with E-state index in [4.69, 9.17) is 16.3 Å². The van der Waals surface area contributed by atoms with Gasteiger partial charge in [-0.15, -0.1) is 0 Å². The average molecular weight is 246 g/mol. The van der Waals surface area contributed by atoms with Crippen LogP contribution in [0, 0.1) is 5.82 Å². The van der Waals surface area contributed by atoms with Gasteiger partial charge in [-0.2, -0.15) is 0 Å². The van der Waals surface area contributed by atoms with Crippen molar-refractivity contribution in [3.63, 3.8) is 0 Å². The van der Waals surface area contributed by atoms with Crippen LogP contribution in [0.5, 0.6) is 5.75 Å². The highest BCUT2D eigenvalue weighted by molar-refractivity contribution is 6.30. The van der Waals surface area contributed by atoms with E-state index in [1.165, 1.54) is 12.1 Å². The van der Waals surface area contributed by atoms with Crippen molar-refractivity contribution in [3.8, 4) is 5.75 Å². The van der Waals surface area contributed by atoms with E-state index < -0.39 is 5.82 Å². The van der Waals surface area contributed by atoms with Gasteiger partial charge in [0.25, 0.3) is 0 Å². The topological polar surface area (TPSA) is 21.3 Å². The van der Waals surface area contributed by atoms with Gasteiger partial charge in [0.2, 0.25) is 0 Å². The van der Waals surface area contributed by atoms with Crippen LogP contribution in [0.15, 0.2) is 18.2 Å². The summed E-state index contributed by atoms with van der Waals surface area (Å²) in [5, 5.41) is 3.40. The van der Waals surface area contributed by atoms with Crippen LogP contribution < -0.4 is 10.1 Å². The Labute approximate surface area is 101 Å². The fraction of sp³-hybridized carbons (Fsp3) is 0.500. The molecule has 0 aliphatic rings. The van der Waals surface area contributed by atoms with Crippen molar-refractivity contribution in [1.29, 1.82) is 0 Å². The Morgan fingerprint density at radius 2 is 2.25 bits per heavy atom. The van der Waals surface area contributed by atoms with E-state index in [-0.39, 0.29) is 5.02 Å². The molecule has 0 heterocycles. The molecule has 1 atom stereocenters. The molecular weight excluding hydrogens is 229 g/mol. The third-order valence-corrected chi connectivity index (χ3v) is 2.67. The first kappa shape index (κ1) is 13.3. The fourth-order valence-corrected chi connectivity index (χ4v) is 1.30. The number of hydrogen-bond acceptors (Lipinski definition) is 2. The largest absolute Gasteiger partial charge is 0.492 e. The van der Waals surface area contributed by atoms with E-state index >= 15 is 0 Å². The lowest BCUT2D eigenvalue weighted by molar-refractivity contribution is 0.304. The van der Waals surface area contributed by atoms with E-state index in [0.29, 0.717) is 18.4 Å². The number of hydrogen-bond donors (Lipinski definition) is 1. The van der Waals surface area contributed by atoms with Crippen LogP contribution in [0.3, 0.4) is 0 Å². The molecule has 1 N–H and O–H groups in total. The van der Waals surface area contributed by atoms with Gasteiger partial charge >= 0.3 is 0 Å². The van der Waals surface area contributed by atoms with Crippen LogP contribution in [0.25, 0.3) is 0 Å². The van der Waals surface area contributed by atoms with Crippen molar-refractivity contribution in [2.45, 2.75) is 26.3 Å². The molecule has 0 bridgehead atoms. The summed E-state index contributed by atoms with van der Waals surface area (Å²) in [5.41, 5.74) is 0. The van der Waals surface area contributed by atoms with Crippen LogP contribution in [0.4, 0.5) is 4.39 Å². The van der Waals surface area contributed by atoms with Crippen molar-refractivity contribution >= 4 is 11.6 Å². The van der Waals surface area contributed by atoms with E-state index in [9.17, 15) is 4.39 Å². The van der Waals surface area contributed by atoms with Crippen LogP contribution in [-0.2, 0) is 0 Å². The molecule has 0 amide bonds. The van der Waals surface area contributed by atoms with Crippen molar-refractivity contribution < 1.29 is 9.13 Å². The molecule has 0 saturated carbocycles. The quantitative estimate of drug-likeness (QED) is 0.777. The molecule has 0 aromatic heterocycles. The van der Waals surface area contributed by atoms with Gasteiger partial charge in [-0.3, -0.25) is 0 Å². The zero-order valence-electron chi connectivity index (χ0n) is 9.59. The first-order chi connectivity index (χ1) is 7.63. The third kappa shape index (κ3) is 4.37. The van der Waals surface area contributed by atoms with Gasteiger partial charge in [0.05, 0.1) is 5.02 Å². The average Bonchev–Trinajstić information content (AvgIpc) is 2.28. The second-order valence-electron chi connectivity index (χ2n) is 3.69. The van der Waals surface area contributed by atoms with Crippen molar-refractivity contribution in [1.82, 2.24) is 5.32 Å². The summed E-state index contributed by atoms with van der Waals surface area (Å²) in [5.74, 6) is 0.0573. The summed E-state index contributed by atoms with van der Waals surface area (Å²) in [6, 6.07) is 4.93. The van der Waals surface area contributed by atoms with E-state index in [1.54, 1.807) is 6.07 Å². The van der Waals surface area contributed by atoms with E-state index in [0.717, 1.165) is 13.0 Å². The highest BCUT2D eigenvalue weighted by Gasteiger charge is 2.02. The Morgan fingerprint density at radius 3 is 2.88 bits per heavy atom. The minimum Gasteiger partial charge on any atom is -0.492 e. The molecular formula is C12H17ClFNO. The number of nitrogens with one attached hydrogen (secondary N) is 1. The predicted octanol–water partition coefficient (Wildman–Crippen LogP) is 3.25. The number of halogens is 2.